The molecule has 0 aliphatic heterocycles. The summed E-state index contributed by atoms with van der Waals surface area (Å²) in [6, 6.07) is 6.33. The molecular formula is C13H12BrFN2O. The van der Waals surface area contributed by atoms with Crippen molar-refractivity contribution in [2.24, 2.45) is 0 Å². The van der Waals surface area contributed by atoms with Gasteiger partial charge in [0.05, 0.1) is 11.6 Å². The standard InChI is InChI=1S/C13H12BrFN2O/c14-9-3-4-11(15)10(7-9)12(18)17-13(8-16)5-1-2-6-13/h3-4,7H,1-2,5-6H2,(H,17,18). The van der Waals surface area contributed by atoms with Crippen molar-refractivity contribution in [2.75, 3.05) is 0 Å². The van der Waals surface area contributed by atoms with Crippen molar-refractivity contribution in [1.82, 2.24) is 5.32 Å². The zero-order chi connectivity index (χ0) is 13.2. The summed E-state index contributed by atoms with van der Waals surface area (Å²) >= 11 is 3.20. The molecule has 18 heavy (non-hydrogen) atoms. The molecule has 0 spiro atoms. The number of nitrogens with zero attached hydrogens (tertiary/aromatic N) is 1. The van der Waals surface area contributed by atoms with Gasteiger partial charge in [-0.1, -0.05) is 15.9 Å². The van der Waals surface area contributed by atoms with Gasteiger partial charge in [-0.25, -0.2) is 4.39 Å². The molecule has 2 rings (SSSR count). The van der Waals surface area contributed by atoms with E-state index < -0.39 is 17.3 Å². The van der Waals surface area contributed by atoms with E-state index >= 15 is 0 Å². The predicted molar refractivity (Wildman–Crippen MR) is 68.4 cm³/mol. The summed E-state index contributed by atoms with van der Waals surface area (Å²) in [7, 11) is 0. The number of nitriles is 1. The first kappa shape index (κ1) is 13.0. The van der Waals surface area contributed by atoms with Crippen molar-refractivity contribution in [3.8, 4) is 6.07 Å². The van der Waals surface area contributed by atoms with Gasteiger partial charge in [-0.2, -0.15) is 5.26 Å². The Hall–Kier alpha value is -1.41. The van der Waals surface area contributed by atoms with Crippen LogP contribution in [-0.2, 0) is 0 Å². The first-order valence-corrected chi connectivity index (χ1v) is 6.54. The summed E-state index contributed by atoms with van der Waals surface area (Å²) in [4.78, 5) is 12.0. The Morgan fingerprint density at radius 2 is 2.11 bits per heavy atom. The number of nitrogens with one attached hydrogen (secondary N) is 1. The highest BCUT2D eigenvalue weighted by atomic mass is 79.9. The minimum atomic E-state index is -0.828. The van der Waals surface area contributed by atoms with Gasteiger partial charge < -0.3 is 5.32 Å². The summed E-state index contributed by atoms with van der Waals surface area (Å²) in [5, 5.41) is 11.8. The van der Waals surface area contributed by atoms with Crippen molar-refractivity contribution in [1.29, 1.82) is 5.26 Å². The average molecular weight is 311 g/mol. The maximum atomic E-state index is 13.6. The van der Waals surface area contributed by atoms with Gasteiger partial charge in [-0.3, -0.25) is 4.79 Å². The van der Waals surface area contributed by atoms with E-state index in [2.05, 4.69) is 27.3 Å². The maximum absolute atomic E-state index is 13.6. The third-order valence-electron chi connectivity index (χ3n) is 3.20. The number of carbonyl (C=O) groups is 1. The molecule has 0 unspecified atom stereocenters. The first-order valence-electron chi connectivity index (χ1n) is 5.75. The molecule has 1 fully saturated rings. The smallest absolute Gasteiger partial charge is 0.255 e. The number of hydrogen-bond donors (Lipinski definition) is 1. The molecule has 1 N–H and O–H groups in total. The maximum Gasteiger partial charge on any atom is 0.255 e. The van der Waals surface area contributed by atoms with Crippen LogP contribution in [0.1, 0.15) is 36.0 Å². The normalized spacial score (nSPS) is 17.2. The van der Waals surface area contributed by atoms with Crippen LogP contribution in [0.15, 0.2) is 22.7 Å². The number of halogens is 2. The number of benzene rings is 1. The van der Waals surface area contributed by atoms with Crippen molar-refractivity contribution in [2.45, 2.75) is 31.2 Å². The number of carbonyl (C=O) groups excluding carboxylic acids is 1. The number of rotatable bonds is 2. The Bertz CT molecular complexity index is 518. The second-order valence-electron chi connectivity index (χ2n) is 4.48. The lowest BCUT2D eigenvalue weighted by atomic mass is 9.99. The Balaban J connectivity index is 2.22. The van der Waals surface area contributed by atoms with Gasteiger partial charge in [0.1, 0.15) is 11.4 Å². The van der Waals surface area contributed by atoms with Gasteiger partial charge >= 0.3 is 0 Å². The second-order valence-corrected chi connectivity index (χ2v) is 5.39. The SMILES string of the molecule is N#CC1(NC(=O)c2cc(Br)ccc2F)CCCC1. The highest BCUT2D eigenvalue weighted by Crippen LogP contribution is 2.29. The summed E-state index contributed by atoms with van der Waals surface area (Å²) in [6.45, 7) is 0. The molecule has 1 aliphatic rings. The van der Waals surface area contributed by atoms with Crippen LogP contribution >= 0.6 is 15.9 Å². The van der Waals surface area contributed by atoms with E-state index in [0.717, 1.165) is 12.8 Å². The fourth-order valence-electron chi connectivity index (χ4n) is 2.20. The molecule has 0 radical (unpaired) electrons. The zero-order valence-corrected chi connectivity index (χ0v) is 11.3. The molecule has 0 bridgehead atoms. The molecular weight excluding hydrogens is 299 g/mol. The number of amides is 1. The van der Waals surface area contributed by atoms with Gasteiger partial charge in [0.25, 0.3) is 5.91 Å². The molecule has 0 atom stereocenters. The van der Waals surface area contributed by atoms with E-state index in [9.17, 15) is 9.18 Å². The van der Waals surface area contributed by atoms with E-state index in [0.29, 0.717) is 17.3 Å². The van der Waals surface area contributed by atoms with E-state index in [1.54, 1.807) is 0 Å². The van der Waals surface area contributed by atoms with Gasteiger partial charge in [-0.05, 0) is 43.9 Å². The van der Waals surface area contributed by atoms with E-state index in [-0.39, 0.29) is 5.56 Å². The Labute approximate surface area is 113 Å². The van der Waals surface area contributed by atoms with E-state index in [1.165, 1.54) is 18.2 Å². The molecule has 0 heterocycles. The quantitative estimate of drug-likeness (QED) is 0.912. The second kappa shape index (κ2) is 5.07. The van der Waals surface area contributed by atoms with Gasteiger partial charge in [0.2, 0.25) is 0 Å². The zero-order valence-electron chi connectivity index (χ0n) is 9.67. The van der Waals surface area contributed by atoms with Crippen LogP contribution in [0.25, 0.3) is 0 Å². The fraction of sp³-hybridized carbons (Fsp3) is 0.385. The van der Waals surface area contributed by atoms with Crippen LogP contribution < -0.4 is 5.32 Å². The van der Waals surface area contributed by atoms with Crippen LogP contribution in [0, 0.1) is 17.1 Å². The van der Waals surface area contributed by atoms with Crippen LogP contribution in [0.4, 0.5) is 4.39 Å². The highest BCUT2D eigenvalue weighted by molar-refractivity contribution is 9.10. The van der Waals surface area contributed by atoms with Crippen LogP contribution in [0.3, 0.4) is 0 Å². The molecule has 5 heteroatoms. The highest BCUT2D eigenvalue weighted by Gasteiger charge is 2.36. The average Bonchev–Trinajstić information content (AvgIpc) is 2.81. The van der Waals surface area contributed by atoms with Gasteiger partial charge in [0, 0.05) is 4.47 Å². The Morgan fingerprint density at radius 1 is 1.44 bits per heavy atom. The topological polar surface area (TPSA) is 52.9 Å². The van der Waals surface area contributed by atoms with Crippen LogP contribution in [0.5, 0.6) is 0 Å². The molecule has 1 aromatic carbocycles. The molecule has 0 saturated heterocycles. The molecule has 3 nitrogen and oxygen atoms in total. The largest absolute Gasteiger partial charge is 0.334 e. The molecule has 1 amide bonds. The van der Waals surface area contributed by atoms with Crippen LogP contribution in [0.2, 0.25) is 0 Å². The lowest BCUT2D eigenvalue weighted by Gasteiger charge is -2.22. The lowest BCUT2D eigenvalue weighted by molar-refractivity contribution is 0.0916. The van der Waals surface area contributed by atoms with Crippen molar-refractivity contribution >= 4 is 21.8 Å². The third kappa shape index (κ3) is 2.54. The minimum Gasteiger partial charge on any atom is -0.334 e. The van der Waals surface area contributed by atoms with Gasteiger partial charge in [-0.15, -0.1) is 0 Å². The fourth-order valence-corrected chi connectivity index (χ4v) is 2.56. The van der Waals surface area contributed by atoms with Crippen molar-refractivity contribution in [3.63, 3.8) is 0 Å². The third-order valence-corrected chi connectivity index (χ3v) is 3.69. The Kier molecular flexibility index (Phi) is 3.67. The first-order chi connectivity index (χ1) is 8.56. The molecule has 0 aromatic heterocycles. The van der Waals surface area contributed by atoms with Gasteiger partial charge in [0.15, 0.2) is 0 Å². The van der Waals surface area contributed by atoms with E-state index in [1.807, 2.05) is 0 Å². The van der Waals surface area contributed by atoms with Crippen molar-refractivity contribution in [3.05, 3.63) is 34.1 Å². The van der Waals surface area contributed by atoms with E-state index in [4.69, 9.17) is 5.26 Å². The summed E-state index contributed by atoms with van der Waals surface area (Å²) in [6.07, 6.45) is 3.08. The predicted octanol–water partition coefficient (Wildman–Crippen LogP) is 3.15. The summed E-state index contributed by atoms with van der Waals surface area (Å²) in [5.74, 6) is -1.11. The van der Waals surface area contributed by atoms with Crippen LogP contribution in [-0.4, -0.2) is 11.4 Å². The van der Waals surface area contributed by atoms with Crippen molar-refractivity contribution < 1.29 is 9.18 Å². The monoisotopic (exact) mass is 310 g/mol. The Morgan fingerprint density at radius 3 is 2.72 bits per heavy atom. The number of hydrogen-bond acceptors (Lipinski definition) is 2. The minimum absolute atomic E-state index is 0.0362. The molecule has 1 saturated carbocycles. The summed E-state index contributed by atoms with van der Waals surface area (Å²) in [5.41, 5.74) is -0.864. The molecule has 1 aromatic rings. The summed E-state index contributed by atoms with van der Waals surface area (Å²) < 4.78 is 14.2. The molecule has 1 aliphatic carbocycles. The molecule has 94 valence electrons. The lowest BCUT2D eigenvalue weighted by Crippen LogP contribution is -2.45.